The van der Waals surface area contributed by atoms with Gasteiger partial charge in [0.15, 0.2) is 12.2 Å². The topological polar surface area (TPSA) is 411 Å². The van der Waals surface area contributed by atoms with Crippen molar-refractivity contribution in [3.63, 3.8) is 0 Å². The summed E-state index contributed by atoms with van der Waals surface area (Å²) < 4.78 is 0. The number of aryl methyl sites for hydroxylation is 1. The fourth-order valence-corrected chi connectivity index (χ4v) is 10.6. The van der Waals surface area contributed by atoms with Crippen molar-refractivity contribution in [2.45, 2.75) is 102 Å². The van der Waals surface area contributed by atoms with E-state index in [4.69, 9.17) is 5.73 Å². The molecule has 29 nitrogen and oxygen atoms in total. The van der Waals surface area contributed by atoms with Crippen LogP contribution in [-0.2, 0) is 46.5 Å². The van der Waals surface area contributed by atoms with E-state index >= 15 is 0 Å². The maximum absolute atomic E-state index is 14.5. The van der Waals surface area contributed by atoms with Gasteiger partial charge >= 0.3 is 23.9 Å². The Kier molecular flexibility index (Phi) is 34.0. The lowest BCUT2D eigenvalue weighted by atomic mass is 9.91. The first kappa shape index (κ1) is 75.7. The van der Waals surface area contributed by atoms with Crippen LogP contribution in [0.3, 0.4) is 0 Å². The second-order valence-corrected chi connectivity index (χ2v) is 23.0. The summed E-state index contributed by atoms with van der Waals surface area (Å²) in [4.78, 5) is 135. The number of hydrogen-bond donors (Lipinski definition) is 14. The van der Waals surface area contributed by atoms with Gasteiger partial charge in [0.25, 0.3) is 10.9 Å². The molecule has 3 atom stereocenters. The van der Waals surface area contributed by atoms with E-state index in [0.717, 1.165) is 47.9 Å². The van der Waals surface area contributed by atoms with Crippen molar-refractivity contribution in [2.75, 3.05) is 134 Å². The maximum atomic E-state index is 14.5. The lowest BCUT2D eigenvalue weighted by Crippen LogP contribution is -2.54. The number of urea groups is 1. The molecule has 94 heavy (non-hydrogen) atoms. The molecule has 1 fully saturated rings. The van der Waals surface area contributed by atoms with E-state index in [1.165, 1.54) is 12.1 Å². The molecular weight excluding hydrogens is 1210 g/mol. The highest BCUT2D eigenvalue weighted by Gasteiger charge is 2.28. The van der Waals surface area contributed by atoms with Crippen molar-refractivity contribution < 1.29 is 58.8 Å². The number of nitrogens with two attached hydrogens (primary N) is 1. The molecule has 0 aromatic heterocycles. The number of benzene rings is 3. The quantitative estimate of drug-likeness (QED) is 0.00979. The number of aldehydes is 1. The zero-order valence-corrected chi connectivity index (χ0v) is 53.7. The molecule has 0 radical (unpaired) electrons. The van der Waals surface area contributed by atoms with Crippen LogP contribution >= 0.6 is 0 Å². The van der Waals surface area contributed by atoms with Crippen LogP contribution in [0.1, 0.15) is 93.7 Å². The fourth-order valence-electron chi connectivity index (χ4n) is 10.6. The molecule has 4 aromatic rings. The van der Waals surface area contributed by atoms with Gasteiger partial charge in [0.1, 0.15) is 29.3 Å². The number of carbonyl (C=O) groups is 8. The Morgan fingerprint density at radius 1 is 0.564 bits per heavy atom. The number of aliphatic imine (C=N–C) groups is 1. The normalized spacial score (nSPS) is 14.8. The smallest absolute Gasteiger partial charge is 0.344 e. The van der Waals surface area contributed by atoms with E-state index in [9.17, 15) is 68.4 Å². The van der Waals surface area contributed by atoms with Gasteiger partial charge < -0.3 is 73.5 Å². The molecule has 5 rings (SSSR count). The van der Waals surface area contributed by atoms with Gasteiger partial charge in [-0.25, -0.2) is 4.79 Å². The first-order chi connectivity index (χ1) is 45.3. The molecule has 1 saturated heterocycles. The zero-order chi connectivity index (χ0) is 68.0. The summed E-state index contributed by atoms with van der Waals surface area (Å²) in [7, 11) is 0. The minimum absolute atomic E-state index is 0.0811. The molecule has 5 amide bonds. The van der Waals surface area contributed by atoms with Crippen LogP contribution in [0.5, 0.6) is 5.75 Å². The fraction of sp³-hybridized carbons (Fsp3) is 0.523. The van der Waals surface area contributed by atoms with Gasteiger partial charge in [-0.15, -0.1) is 0 Å². The van der Waals surface area contributed by atoms with Crippen LogP contribution in [0.2, 0.25) is 0 Å². The van der Waals surface area contributed by atoms with Crippen LogP contribution in [0.25, 0.3) is 0 Å². The molecule has 0 aliphatic carbocycles. The van der Waals surface area contributed by atoms with Crippen molar-refractivity contribution in [1.29, 1.82) is 0 Å². The molecule has 1 aliphatic rings. The summed E-state index contributed by atoms with van der Waals surface area (Å²) in [5.74, 6) is -4.73. The largest absolute Gasteiger partial charge is 0.508 e. The lowest BCUT2D eigenvalue weighted by molar-refractivity contribution is -0.140. The molecule has 1 heterocycles. The highest BCUT2D eigenvalue weighted by atomic mass is 16.4. The third kappa shape index (κ3) is 28.9. The second kappa shape index (κ2) is 42.2. The maximum Gasteiger partial charge on any atom is 0.344 e. The summed E-state index contributed by atoms with van der Waals surface area (Å²) in [6, 6.07) is 22.2. The minimum Gasteiger partial charge on any atom is -0.508 e. The molecular formula is C65H95N15O14. The Balaban J connectivity index is 1.09. The molecule has 514 valence electrons. The van der Waals surface area contributed by atoms with Gasteiger partial charge in [-0.05, 0) is 98.9 Å². The Hall–Kier alpha value is -9.03. The predicted molar refractivity (Wildman–Crippen MR) is 358 cm³/mol. The van der Waals surface area contributed by atoms with E-state index in [0.29, 0.717) is 84.2 Å². The standard InChI is InChI=1S/C65H95N15O14/c1-2-54(83)69-31-32-73-65(94)76-64(66)72-28-11-17-52(63(93)74-41-47-18-24-50(82)25-19-47)75-62(92)51(16-10-15-46-13-6-5-7-14-46)48-20-22-49(23-21-48)67-29-12-30-71-59-58(60(90)61(59)91)70-27-9-4-3-8-26-68-53(45-81)80-39-37-78(43-56(86)87)35-33-77(42-55(84)85)34-36-79(38-40-80)44-57(88)89/h5-7,13-14,18-25,45,51-53,67-68,70-71,82H,2-4,8-12,15-17,26-44H2,1H3,(H,69,83)(H,74,93)(H,75,92)(H,84,85)(H,86,87)(H,88,89)(H4,66,72,73,76,94)/t51?,52-,53?/m1/s1. The number of amides is 5. The van der Waals surface area contributed by atoms with Crippen LogP contribution in [0, 0.1) is 0 Å². The molecule has 0 saturated carbocycles. The zero-order valence-electron chi connectivity index (χ0n) is 53.7. The Morgan fingerprint density at radius 2 is 1.12 bits per heavy atom. The molecule has 2 unspecified atom stereocenters. The molecule has 4 aromatic carbocycles. The predicted octanol–water partition coefficient (Wildman–Crippen LogP) is 1.29. The number of phenolic OH excluding ortho intramolecular Hbond substituents is 1. The highest BCUT2D eigenvalue weighted by molar-refractivity contribution is 5.92. The van der Waals surface area contributed by atoms with Crippen LogP contribution in [0.15, 0.2) is 93.4 Å². The minimum atomic E-state index is -1.05. The first-order valence-corrected chi connectivity index (χ1v) is 32.2. The summed E-state index contributed by atoms with van der Waals surface area (Å²) in [5.41, 5.74) is 8.68. The highest BCUT2D eigenvalue weighted by Crippen LogP contribution is 2.26. The number of carboxylic acids is 3. The van der Waals surface area contributed by atoms with E-state index in [2.05, 4.69) is 52.8 Å². The number of nitrogens with zero attached hydrogens (tertiary/aromatic N) is 5. The third-order valence-electron chi connectivity index (χ3n) is 15.8. The lowest BCUT2D eigenvalue weighted by Gasteiger charge is -2.35. The molecule has 29 heteroatoms. The van der Waals surface area contributed by atoms with Gasteiger partial charge in [-0.3, -0.25) is 63.3 Å². The van der Waals surface area contributed by atoms with Crippen molar-refractivity contribution in [3.8, 4) is 5.75 Å². The second-order valence-electron chi connectivity index (χ2n) is 23.0. The first-order valence-electron chi connectivity index (χ1n) is 32.2. The van der Waals surface area contributed by atoms with E-state index in [1.54, 1.807) is 33.8 Å². The summed E-state index contributed by atoms with van der Waals surface area (Å²) in [5, 5.41) is 65.2. The van der Waals surface area contributed by atoms with Crippen molar-refractivity contribution in [2.24, 2.45) is 10.7 Å². The monoisotopic (exact) mass is 1310 g/mol. The number of aliphatic carboxylic acids is 3. The Bertz CT molecular complexity index is 3080. The number of nitrogens with one attached hydrogen (secondary N) is 9. The molecule has 1 aliphatic heterocycles. The van der Waals surface area contributed by atoms with Gasteiger partial charge in [-0.1, -0.05) is 74.4 Å². The number of carboxylic acid groups (broad SMARTS) is 3. The van der Waals surface area contributed by atoms with Crippen LogP contribution in [-0.4, -0.2) is 224 Å². The number of rotatable bonds is 41. The number of unbranched alkanes of at least 4 members (excludes halogenated alkanes) is 3. The number of aromatic hydroxyl groups is 1. The number of carbonyl (C=O) groups excluding carboxylic acids is 5. The number of anilines is 3. The van der Waals surface area contributed by atoms with Crippen LogP contribution < -0.4 is 64.4 Å². The average molecular weight is 1310 g/mol. The SMILES string of the molecule is CCC(=O)NCCNC(=O)/N=C(/N)NCCC[C@@H](NC(=O)C(CCCc1ccccc1)c1ccc(NCCCNc2c(NCCCCCCNC(C=O)N3CCN(CC(=O)O)CCN(CC(=O)O)CCN(CC(=O)O)CC3)c(=O)c2=O)cc1)C(=O)NCc1ccc(O)cc1. The Labute approximate surface area is 547 Å². The van der Waals surface area contributed by atoms with E-state index < -0.39 is 58.8 Å². The molecule has 15 N–H and O–H groups in total. The number of guanidine groups is 1. The Morgan fingerprint density at radius 3 is 1.69 bits per heavy atom. The van der Waals surface area contributed by atoms with Gasteiger partial charge in [-0.2, -0.15) is 4.99 Å². The summed E-state index contributed by atoms with van der Waals surface area (Å²) in [6.07, 6.45) is 6.37. The summed E-state index contributed by atoms with van der Waals surface area (Å²) >= 11 is 0. The van der Waals surface area contributed by atoms with E-state index in [1.807, 2.05) is 59.5 Å². The molecule has 0 bridgehead atoms. The van der Waals surface area contributed by atoms with Gasteiger partial charge in [0, 0.05) is 110 Å². The average Bonchev–Trinajstić information content (AvgIpc) is 0.790. The van der Waals surface area contributed by atoms with Crippen molar-refractivity contribution in [1.82, 2.24) is 51.5 Å². The van der Waals surface area contributed by atoms with Gasteiger partial charge in [0.05, 0.1) is 25.6 Å². The van der Waals surface area contributed by atoms with Crippen molar-refractivity contribution in [3.05, 3.63) is 116 Å². The summed E-state index contributed by atoms with van der Waals surface area (Å²) in [6.45, 7) is 5.71. The van der Waals surface area contributed by atoms with Crippen molar-refractivity contribution >= 4 is 71.0 Å². The third-order valence-corrected chi connectivity index (χ3v) is 15.8. The van der Waals surface area contributed by atoms with E-state index in [-0.39, 0.29) is 126 Å². The molecule has 0 spiro atoms. The number of hydrogen-bond acceptors (Lipinski definition) is 19. The number of phenols is 1. The van der Waals surface area contributed by atoms with Gasteiger partial charge in [0.2, 0.25) is 17.7 Å². The van der Waals surface area contributed by atoms with Crippen LogP contribution in [0.4, 0.5) is 21.9 Å².